The van der Waals surface area contributed by atoms with E-state index in [-0.39, 0.29) is 6.10 Å². The molecule has 1 N–H and O–H groups in total. The van der Waals surface area contributed by atoms with Gasteiger partial charge in [0.25, 0.3) is 0 Å². The molecule has 0 radical (unpaired) electrons. The molecule has 0 amide bonds. The molecule has 126 valence electrons. The van der Waals surface area contributed by atoms with E-state index in [4.69, 9.17) is 0 Å². The average Bonchev–Trinajstić information content (AvgIpc) is 2.56. The van der Waals surface area contributed by atoms with Crippen LogP contribution >= 0.6 is 0 Å². The van der Waals surface area contributed by atoms with Gasteiger partial charge in [-0.05, 0) is 81.6 Å². The summed E-state index contributed by atoms with van der Waals surface area (Å²) in [5, 5.41) is 10.4. The maximum absolute atomic E-state index is 10.4. The van der Waals surface area contributed by atoms with Crippen LogP contribution in [-0.4, -0.2) is 35.2 Å². The zero-order chi connectivity index (χ0) is 14.9. The Morgan fingerprint density at radius 3 is 2.36 bits per heavy atom. The van der Waals surface area contributed by atoms with Crippen molar-refractivity contribution in [3.05, 3.63) is 0 Å². The van der Waals surface area contributed by atoms with Crippen LogP contribution in [0.5, 0.6) is 0 Å². The molecule has 3 saturated carbocycles. The molecule has 22 heavy (non-hydrogen) atoms. The molecule has 1 aliphatic heterocycles. The van der Waals surface area contributed by atoms with E-state index < -0.39 is 0 Å². The second kappa shape index (κ2) is 6.81. The Labute approximate surface area is 136 Å². The van der Waals surface area contributed by atoms with Crippen molar-refractivity contribution in [1.29, 1.82) is 0 Å². The van der Waals surface area contributed by atoms with Crippen LogP contribution in [0.4, 0.5) is 0 Å². The third kappa shape index (κ3) is 2.98. The first-order chi connectivity index (χ1) is 10.8. The lowest BCUT2D eigenvalue weighted by Gasteiger charge is -2.53. The van der Waals surface area contributed by atoms with Gasteiger partial charge >= 0.3 is 0 Å². The van der Waals surface area contributed by atoms with Crippen molar-refractivity contribution in [2.75, 3.05) is 13.1 Å². The summed E-state index contributed by atoms with van der Waals surface area (Å²) in [4.78, 5) is 2.90. The Balaban J connectivity index is 1.43. The van der Waals surface area contributed by atoms with E-state index in [1.807, 2.05) is 0 Å². The minimum Gasteiger partial charge on any atom is -0.393 e. The summed E-state index contributed by atoms with van der Waals surface area (Å²) < 4.78 is 0. The van der Waals surface area contributed by atoms with Crippen molar-refractivity contribution in [1.82, 2.24) is 4.90 Å². The molecule has 2 heteroatoms. The number of rotatable bonds is 2. The van der Waals surface area contributed by atoms with Gasteiger partial charge in [0.05, 0.1) is 6.10 Å². The highest BCUT2D eigenvalue weighted by molar-refractivity contribution is 4.98. The summed E-state index contributed by atoms with van der Waals surface area (Å²) in [6.45, 7) is 2.75. The number of aliphatic hydroxyl groups excluding tert-OH is 1. The number of fused-ring (bicyclic) bond motifs is 3. The van der Waals surface area contributed by atoms with Crippen LogP contribution in [-0.2, 0) is 0 Å². The lowest BCUT2D eigenvalue weighted by molar-refractivity contribution is -0.0706. The van der Waals surface area contributed by atoms with Crippen molar-refractivity contribution in [2.24, 2.45) is 23.7 Å². The van der Waals surface area contributed by atoms with E-state index >= 15 is 0 Å². The van der Waals surface area contributed by atoms with Crippen molar-refractivity contribution >= 4 is 0 Å². The minimum atomic E-state index is 0.0217. The molecule has 0 spiro atoms. The topological polar surface area (TPSA) is 23.5 Å². The smallest absolute Gasteiger partial charge is 0.0571 e. The SMILES string of the molecule is OC1CCCC2C1CCC1C2CCCN1CC1CCCCC1. The van der Waals surface area contributed by atoms with E-state index in [1.54, 1.807) is 0 Å². The maximum atomic E-state index is 10.4. The van der Waals surface area contributed by atoms with Gasteiger partial charge in [0, 0.05) is 12.6 Å². The van der Waals surface area contributed by atoms with Crippen molar-refractivity contribution < 1.29 is 5.11 Å². The van der Waals surface area contributed by atoms with E-state index in [0.717, 1.165) is 30.2 Å². The van der Waals surface area contributed by atoms with Crippen molar-refractivity contribution in [3.8, 4) is 0 Å². The summed E-state index contributed by atoms with van der Waals surface area (Å²) >= 11 is 0. The van der Waals surface area contributed by atoms with Crippen molar-refractivity contribution in [3.63, 3.8) is 0 Å². The van der Waals surface area contributed by atoms with Crippen LogP contribution in [0, 0.1) is 23.7 Å². The number of hydrogen-bond acceptors (Lipinski definition) is 2. The third-order valence-corrected chi connectivity index (χ3v) is 7.59. The van der Waals surface area contributed by atoms with Crippen LogP contribution in [0.2, 0.25) is 0 Å². The average molecular weight is 306 g/mol. The lowest BCUT2D eigenvalue weighted by Crippen LogP contribution is -2.55. The molecule has 0 bridgehead atoms. The molecule has 5 unspecified atom stereocenters. The molecule has 4 rings (SSSR count). The third-order valence-electron chi connectivity index (χ3n) is 7.59. The molecule has 4 fully saturated rings. The Morgan fingerprint density at radius 1 is 0.682 bits per heavy atom. The van der Waals surface area contributed by atoms with E-state index in [1.165, 1.54) is 83.7 Å². The monoisotopic (exact) mass is 305 g/mol. The van der Waals surface area contributed by atoms with Gasteiger partial charge in [0.2, 0.25) is 0 Å². The van der Waals surface area contributed by atoms with Crippen LogP contribution < -0.4 is 0 Å². The van der Waals surface area contributed by atoms with Gasteiger partial charge in [-0.2, -0.15) is 0 Å². The molecule has 2 nitrogen and oxygen atoms in total. The number of hydrogen-bond donors (Lipinski definition) is 1. The molecular formula is C20H35NO. The number of nitrogens with zero attached hydrogens (tertiary/aromatic N) is 1. The van der Waals surface area contributed by atoms with Crippen LogP contribution in [0.1, 0.15) is 77.0 Å². The molecule has 5 atom stereocenters. The number of likely N-dealkylation sites (tertiary alicyclic amines) is 1. The zero-order valence-corrected chi connectivity index (χ0v) is 14.3. The molecule has 1 heterocycles. The van der Waals surface area contributed by atoms with Gasteiger partial charge in [-0.25, -0.2) is 0 Å². The lowest BCUT2D eigenvalue weighted by atomic mass is 9.60. The van der Waals surface area contributed by atoms with Gasteiger partial charge in [0.15, 0.2) is 0 Å². The van der Waals surface area contributed by atoms with E-state index in [9.17, 15) is 5.11 Å². The highest BCUT2D eigenvalue weighted by Gasteiger charge is 2.46. The van der Waals surface area contributed by atoms with Crippen LogP contribution in [0.3, 0.4) is 0 Å². The summed E-state index contributed by atoms with van der Waals surface area (Å²) in [6, 6.07) is 0.863. The Hall–Kier alpha value is -0.0800. The maximum Gasteiger partial charge on any atom is 0.0571 e. The highest BCUT2D eigenvalue weighted by Crippen LogP contribution is 2.48. The van der Waals surface area contributed by atoms with Gasteiger partial charge < -0.3 is 5.11 Å². The van der Waals surface area contributed by atoms with E-state index in [0.29, 0.717) is 5.92 Å². The fourth-order valence-corrected chi connectivity index (χ4v) is 6.56. The van der Waals surface area contributed by atoms with E-state index in [2.05, 4.69) is 4.90 Å². The summed E-state index contributed by atoms with van der Waals surface area (Å²) in [7, 11) is 0. The van der Waals surface area contributed by atoms with Gasteiger partial charge in [-0.1, -0.05) is 25.7 Å². The predicted octanol–water partition coefficient (Wildman–Crippen LogP) is 4.22. The molecule has 0 aromatic carbocycles. The van der Waals surface area contributed by atoms with Crippen LogP contribution in [0.25, 0.3) is 0 Å². The molecule has 0 aromatic rings. The highest BCUT2D eigenvalue weighted by atomic mass is 16.3. The Morgan fingerprint density at radius 2 is 1.50 bits per heavy atom. The van der Waals surface area contributed by atoms with Crippen molar-refractivity contribution in [2.45, 2.75) is 89.2 Å². The molecule has 4 aliphatic rings. The minimum absolute atomic E-state index is 0.0217. The second-order valence-electron chi connectivity index (χ2n) is 8.78. The summed E-state index contributed by atoms with van der Waals surface area (Å²) in [5.74, 6) is 3.38. The first-order valence-electron chi connectivity index (χ1n) is 10.2. The summed E-state index contributed by atoms with van der Waals surface area (Å²) in [6.07, 6.45) is 16.7. The van der Waals surface area contributed by atoms with Gasteiger partial charge in [0.1, 0.15) is 0 Å². The fourth-order valence-electron chi connectivity index (χ4n) is 6.56. The van der Waals surface area contributed by atoms with Gasteiger partial charge in [-0.3, -0.25) is 4.90 Å². The quantitative estimate of drug-likeness (QED) is 0.826. The number of piperidine rings is 1. The largest absolute Gasteiger partial charge is 0.393 e. The molecular weight excluding hydrogens is 270 g/mol. The van der Waals surface area contributed by atoms with Gasteiger partial charge in [-0.15, -0.1) is 0 Å². The fraction of sp³-hybridized carbons (Fsp3) is 1.00. The standard InChI is InChI=1S/C20H35NO/c22-20-10-4-8-16-17-9-5-13-21(19(17)12-11-18(16)20)14-15-6-2-1-3-7-15/h15-20,22H,1-14H2. The Bertz CT molecular complexity index is 365. The predicted molar refractivity (Wildman–Crippen MR) is 90.7 cm³/mol. The first-order valence-corrected chi connectivity index (χ1v) is 10.2. The summed E-state index contributed by atoms with van der Waals surface area (Å²) in [5.41, 5.74) is 0. The molecule has 3 aliphatic carbocycles. The zero-order valence-electron chi connectivity index (χ0n) is 14.3. The normalized spacial score (nSPS) is 44.3. The molecule has 0 aromatic heterocycles. The molecule has 1 saturated heterocycles. The first kappa shape index (κ1) is 15.4. The number of aliphatic hydroxyl groups is 1. The van der Waals surface area contributed by atoms with Crippen LogP contribution in [0.15, 0.2) is 0 Å². The Kier molecular flexibility index (Phi) is 4.78. The second-order valence-corrected chi connectivity index (χ2v) is 8.78.